The predicted octanol–water partition coefficient (Wildman–Crippen LogP) is 5.54. The Balaban J connectivity index is 1.95. The van der Waals surface area contributed by atoms with Crippen LogP contribution in [0.5, 0.6) is 5.75 Å². The minimum atomic E-state index is 0.511. The van der Waals surface area contributed by atoms with E-state index in [0.717, 1.165) is 22.6 Å². The van der Waals surface area contributed by atoms with Gasteiger partial charge in [-0.15, -0.1) is 11.3 Å². The summed E-state index contributed by atoms with van der Waals surface area (Å²) in [6, 6.07) is 17.3. The third-order valence-corrected chi connectivity index (χ3v) is 4.49. The van der Waals surface area contributed by atoms with Crippen LogP contribution in [0.1, 0.15) is 10.6 Å². The van der Waals surface area contributed by atoms with Crippen LogP contribution in [0.15, 0.2) is 53.9 Å². The summed E-state index contributed by atoms with van der Waals surface area (Å²) in [4.78, 5) is 4.58. The summed E-state index contributed by atoms with van der Waals surface area (Å²) in [5.41, 5.74) is 3.16. The van der Waals surface area contributed by atoms with Crippen molar-refractivity contribution in [3.63, 3.8) is 0 Å². The summed E-state index contributed by atoms with van der Waals surface area (Å²) in [5.74, 6) is 0.775. The molecule has 0 aliphatic rings. The van der Waals surface area contributed by atoms with Crippen LogP contribution in [-0.2, 0) is 0 Å². The first kappa shape index (κ1) is 16.3. The highest BCUT2D eigenvalue weighted by Gasteiger charge is 2.10. The molecular formula is C19H13ClN2OS. The molecule has 0 N–H and O–H groups in total. The number of thiazole rings is 1. The van der Waals surface area contributed by atoms with Gasteiger partial charge in [0.25, 0.3) is 0 Å². The van der Waals surface area contributed by atoms with Crippen molar-refractivity contribution in [1.82, 2.24) is 4.98 Å². The quantitative estimate of drug-likeness (QED) is 0.579. The molecule has 0 saturated heterocycles. The van der Waals surface area contributed by atoms with Crippen molar-refractivity contribution in [1.29, 1.82) is 5.26 Å². The standard InChI is InChI=1S/C19H13ClN2OS/c1-23-17-7-3-5-14(10-17)18-12-24-19(22-18)15(11-21)8-13-4-2-6-16(20)9-13/h2-10,12H,1H3. The Morgan fingerprint density at radius 1 is 1.25 bits per heavy atom. The number of aromatic nitrogens is 1. The van der Waals surface area contributed by atoms with E-state index in [1.54, 1.807) is 19.3 Å². The lowest BCUT2D eigenvalue weighted by Crippen LogP contribution is -1.85. The molecular weight excluding hydrogens is 340 g/mol. The van der Waals surface area contributed by atoms with Crippen molar-refractivity contribution in [2.45, 2.75) is 0 Å². The Bertz CT molecular complexity index is 940. The Morgan fingerprint density at radius 3 is 2.83 bits per heavy atom. The average molecular weight is 353 g/mol. The molecule has 5 heteroatoms. The minimum Gasteiger partial charge on any atom is -0.497 e. The van der Waals surface area contributed by atoms with Crippen LogP contribution < -0.4 is 4.74 Å². The summed E-state index contributed by atoms with van der Waals surface area (Å²) in [7, 11) is 1.63. The maximum Gasteiger partial charge on any atom is 0.134 e. The summed E-state index contributed by atoms with van der Waals surface area (Å²) in [5, 5.41) is 12.7. The number of nitriles is 1. The van der Waals surface area contributed by atoms with Crippen molar-refractivity contribution in [3.8, 4) is 23.1 Å². The van der Waals surface area contributed by atoms with Crippen LogP contribution in [0.2, 0.25) is 5.02 Å². The summed E-state index contributed by atoms with van der Waals surface area (Å²) < 4.78 is 5.24. The highest BCUT2D eigenvalue weighted by atomic mass is 35.5. The summed E-state index contributed by atoms with van der Waals surface area (Å²) in [6.45, 7) is 0. The van der Waals surface area contributed by atoms with Gasteiger partial charge in [0.1, 0.15) is 16.8 Å². The van der Waals surface area contributed by atoms with Gasteiger partial charge in [0, 0.05) is 16.0 Å². The van der Waals surface area contributed by atoms with Crippen LogP contribution in [0.3, 0.4) is 0 Å². The lowest BCUT2D eigenvalue weighted by atomic mass is 10.1. The molecule has 0 aliphatic carbocycles. The normalized spacial score (nSPS) is 11.1. The zero-order valence-corrected chi connectivity index (χ0v) is 14.4. The fourth-order valence-corrected chi connectivity index (χ4v) is 3.21. The van der Waals surface area contributed by atoms with E-state index < -0.39 is 0 Å². The van der Waals surface area contributed by atoms with Gasteiger partial charge in [-0.1, -0.05) is 35.9 Å². The second kappa shape index (κ2) is 7.31. The number of benzene rings is 2. The molecule has 2 aromatic carbocycles. The van der Waals surface area contributed by atoms with Gasteiger partial charge in [-0.25, -0.2) is 4.98 Å². The predicted molar refractivity (Wildman–Crippen MR) is 99.0 cm³/mol. The molecule has 0 radical (unpaired) electrons. The van der Waals surface area contributed by atoms with Gasteiger partial charge in [-0.3, -0.25) is 0 Å². The fraction of sp³-hybridized carbons (Fsp3) is 0.0526. The Hall–Kier alpha value is -2.61. The SMILES string of the molecule is COc1cccc(-c2csc(C(C#N)=Cc3cccc(Cl)c3)n2)c1. The number of allylic oxidation sites excluding steroid dienone is 1. The lowest BCUT2D eigenvalue weighted by molar-refractivity contribution is 0.415. The number of hydrogen-bond donors (Lipinski definition) is 0. The van der Waals surface area contributed by atoms with Gasteiger partial charge in [0.05, 0.1) is 18.4 Å². The molecule has 3 rings (SSSR count). The highest BCUT2D eigenvalue weighted by molar-refractivity contribution is 7.11. The van der Waals surface area contributed by atoms with Gasteiger partial charge < -0.3 is 4.74 Å². The number of nitrogens with zero attached hydrogens (tertiary/aromatic N) is 2. The van der Waals surface area contributed by atoms with Gasteiger partial charge >= 0.3 is 0 Å². The van der Waals surface area contributed by atoms with Crippen molar-refractivity contribution in [2.24, 2.45) is 0 Å². The molecule has 0 atom stereocenters. The third kappa shape index (κ3) is 3.65. The summed E-state index contributed by atoms with van der Waals surface area (Å²) >= 11 is 7.43. The number of methoxy groups -OCH3 is 1. The molecule has 0 amide bonds. The van der Waals surface area contributed by atoms with Gasteiger partial charge in [-0.05, 0) is 35.9 Å². The number of rotatable bonds is 4. The molecule has 118 valence electrons. The molecule has 1 aromatic heterocycles. The van der Waals surface area contributed by atoms with Crippen LogP contribution in [0.4, 0.5) is 0 Å². The highest BCUT2D eigenvalue weighted by Crippen LogP contribution is 2.29. The molecule has 0 unspecified atom stereocenters. The smallest absolute Gasteiger partial charge is 0.134 e. The van der Waals surface area contributed by atoms with Crippen molar-refractivity contribution in [3.05, 3.63) is 69.5 Å². The van der Waals surface area contributed by atoms with Gasteiger partial charge in [0.2, 0.25) is 0 Å². The van der Waals surface area contributed by atoms with Gasteiger partial charge in [0.15, 0.2) is 0 Å². The van der Waals surface area contributed by atoms with Crippen molar-refractivity contribution < 1.29 is 4.74 Å². The molecule has 3 aromatic rings. The van der Waals surface area contributed by atoms with E-state index in [1.165, 1.54) is 11.3 Å². The van der Waals surface area contributed by atoms with Crippen molar-refractivity contribution >= 4 is 34.6 Å². The lowest BCUT2D eigenvalue weighted by Gasteiger charge is -2.01. The molecule has 0 saturated carbocycles. The van der Waals surface area contributed by atoms with E-state index in [9.17, 15) is 5.26 Å². The second-order valence-electron chi connectivity index (χ2n) is 4.99. The Morgan fingerprint density at radius 2 is 2.08 bits per heavy atom. The molecule has 0 bridgehead atoms. The fourth-order valence-electron chi connectivity index (χ4n) is 2.22. The monoisotopic (exact) mass is 352 g/mol. The van der Waals surface area contributed by atoms with Crippen LogP contribution in [0, 0.1) is 11.3 Å². The first-order valence-electron chi connectivity index (χ1n) is 7.17. The van der Waals surface area contributed by atoms with Crippen LogP contribution in [-0.4, -0.2) is 12.1 Å². The number of ether oxygens (including phenoxy) is 1. The van der Waals surface area contributed by atoms with Crippen LogP contribution >= 0.6 is 22.9 Å². The maximum absolute atomic E-state index is 9.47. The minimum absolute atomic E-state index is 0.511. The number of hydrogen-bond acceptors (Lipinski definition) is 4. The third-order valence-electron chi connectivity index (χ3n) is 3.38. The van der Waals surface area contributed by atoms with Crippen molar-refractivity contribution in [2.75, 3.05) is 7.11 Å². The first-order valence-corrected chi connectivity index (χ1v) is 8.43. The maximum atomic E-state index is 9.47. The largest absolute Gasteiger partial charge is 0.497 e. The van der Waals surface area contributed by atoms with E-state index >= 15 is 0 Å². The second-order valence-corrected chi connectivity index (χ2v) is 6.29. The molecule has 0 spiro atoms. The average Bonchev–Trinajstić information content (AvgIpc) is 3.10. The van der Waals surface area contributed by atoms with E-state index in [4.69, 9.17) is 16.3 Å². The van der Waals surface area contributed by atoms with E-state index in [2.05, 4.69) is 11.1 Å². The Kier molecular flexibility index (Phi) is 4.95. The number of halogens is 1. The topological polar surface area (TPSA) is 45.9 Å². The zero-order valence-electron chi connectivity index (χ0n) is 12.9. The van der Waals surface area contributed by atoms with E-state index in [0.29, 0.717) is 15.6 Å². The van der Waals surface area contributed by atoms with E-state index in [-0.39, 0.29) is 0 Å². The van der Waals surface area contributed by atoms with E-state index in [1.807, 2.05) is 47.8 Å². The molecule has 1 heterocycles. The zero-order chi connectivity index (χ0) is 16.9. The molecule has 24 heavy (non-hydrogen) atoms. The summed E-state index contributed by atoms with van der Waals surface area (Å²) in [6.07, 6.45) is 1.79. The Labute approximate surface area is 149 Å². The first-order chi connectivity index (χ1) is 11.7. The molecule has 0 fully saturated rings. The molecule has 3 nitrogen and oxygen atoms in total. The van der Waals surface area contributed by atoms with Gasteiger partial charge in [-0.2, -0.15) is 5.26 Å². The van der Waals surface area contributed by atoms with Crippen LogP contribution in [0.25, 0.3) is 22.9 Å². The molecule has 0 aliphatic heterocycles.